The molecule has 34 heavy (non-hydrogen) atoms. The van der Waals surface area contributed by atoms with E-state index in [1.54, 1.807) is 12.1 Å². The number of aromatic nitrogens is 4. The number of ether oxygens (including phenoxy) is 3. The first-order chi connectivity index (χ1) is 16.2. The normalized spacial score (nSPS) is 17.3. The molecule has 1 N–H and O–H groups in total. The molecule has 0 spiro atoms. The van der Waals surface area contributed by atoms with Gasteiger partial charge in [0, 0.05) is 34.5 Å². The van der Waals surface area contributed by atoms with Crippen molar-refractivity contribution in [2.24, 2.45) is 0 Å². The lowest BCUT2D eigenvalue weighted by Gasteiger charge is -2.35. The average molecular weight is 522 g/mol. The van der Waals surface area contributed by atoms with Gasteiger partial charge in [0.15, 0.2) is 0 Å². The monoisotopic (exact) mass is 521 g/mol. The summed E-state index contributed by atoms with van der Waals surface area (Å²) >= 11 is 9.09. The summed E-state index contributed by atoms with van der Waals surface area (Å²) in [5.41, 5.74) is 2.13. The van der Waals surface area contributed by atoms with E-state index in [2.05, 4.69) is 39.3 Å². The molecule has 1 atom stereocenters. The lowest BCUT2D eigenvalue weighted by atomic mass is 10.0. The molecule has 1 amide bonds. The molecule has 1 saturated heterocycles. The van der Waals surface area contributed by atoms with Crippen molar-refractivity contribution in [2.45, 2.75) is 32.5 Å². The Labute approximate surface area is 210 Å². The quantitative estimate of drug-likeness (QED) is 0.449. The van der Waals surface area contributed by atoms with Gasteiger partial charge in [0.1, 0.15) is 23.6 Å². The smallest absolute Gasteiger partial charge is 0.295 e. The average Bonchev–Trinajstić information content (AvgIpc) is 3.24. The second-order valence-electron chi connectivity index (χ2n) is 8.23. The summed E-state index contributed by atoms with van der Waals surface area (Å²) in [4.78, 5) is 21.5. The Morgan fingerprint density at radius 1 is 1.26 bits per heavy atom. The summed E-state index contributed by atoms with van der Waals surface area (Å²) in [6.45, 7) is 6.33. The number of nitrogens with one attached hydrogen (secondary N) is 1. The number of methoxy groups -OCH3 is 1. The van der Waals surface area contributed by atoms with Crippen LogP contribution in [0.25, 0.3) is 11.1 Å². The molecule has 1 aliphatic rings. The van der Waals surface area contributed by atoms with Crippen LogP contribution in [0.15, 0.2) is 24.5 Å². The molecule has 4 heterocycles. The number of hydrogen-bond donors (Lipinski definition) is 1. The van der Waals surface area contributed by atoms with Crippen molar-refractivity contribution in [2.75, 3.05) is 30.5 Å². The lowest BCUT2D eigenvalue weighted by molar-refractivity contribution is -0.0675. The van der Waals surface area contributed by atoms with Crippen LogP contribution < -0.4 is 14.8 Å². The Kier molecular flexibility index (Phi) is 7.56. The fourth-order valence-electron chi connectivity index (χ4n) is 3.44. The summed E-state index contributed by atoms with van der Waals surface area (Å²) < 4.78 is 17.2. The van der Waals surface area contributed by atoms with Crippen LogP contribution in [0.1, 0.15) is 29.9 Å². The Morgan fingerprint density at radius 3 is 2.85 bits per heavy atom. The fourth-order valence-corrected chi connectivity index (χ4v) is 5.30. The van der Waals surface area contributed by atoms with Crippen LogP contribution in [-0.2, 0) is 4.74 Å². The minimum absolute atomic E-state index is 0.0287. The van der Waals surface area contributed by atoms with Gasteiger partial charge in [0.2, 0.25) is 5.13 Å². The van der Waals surface area contributed by atoms with Crippen molar-refractivity contribution in [1.29, 1.82) is 0 Å². The topological polar surface area (TPSA) is 108 Å². The molecule has 0 unspecified atom stereocenters. The number of rotatable bonds is 7. The number of carbonyl (C=O) groups excluding carboxylic acids is 1. The predicted octanol–water partition coefficient (Wildman–Crippen LogP) is 4.51. The zero-order chi connectivity index (χ0) is 24.3. The van der Waals surface area contributed by atoms with Crippen molar-refractivity contribution in [3.05, 3.63) is 40.9 Å². The van der Waals surface area contributed by atoms with Gasteiger partial charge in [-0.05, 0) is 44.2 Å². The van der Waals surface area contributed by atoms with Crippen LogP contribution in [0.2, 0.25) is 5.15 Å². The van der Waals surface area contributed by atoms with Crippen LogP contribution >= 0.6 is 34.7 Å². The SMILES string of the molecule is COc1cnc(Cl)cc1-c1cc(C)ncc1C(=O)Nc1nnc(OC[C@@H]2CSCC(C)(C)O2)s1. The van der Waals surface area contributed by atoms with Gasteiger partial charge in [-0.25, -0.2) is 4.98 Å². The third kappa shape index (κ3) is 5.96. The Morgan fingerprint density at radius 2 is 2.09 bits per heavy atom. The molecule has 0 bridgehead atoms. The van der Waals surface area contributed by atoms with E-state index in [1.807, 2.05) is 18.7 Å². The molecular formula is C22H24ClN5O4S2. The number of nitrogens with zero attached hydrogens (tertiary/aromatic N) is 4. The number of pyridine rings is 2. The predicted molar refractivity (Wildman–Crippen MR) is 133 cm³/mol. The molecule has 4 rings (SSSR count). The van der Waals surface area contributed by atoms with Gasteiger partial charge in [-0.1, -0.05) is 16.7 Å². The summed E-state index contributed by atoms with van der Waals surface area (Å²) in [5.74, 6) is 1.90. The third-order valence-corrected chi connectivity index (χ3v) is 7.35. The Balaban J connectivity index is 1.48. The maximum absolute atomic E-state index is 13.1. The first kappa shape index (κ1) is 24.6. The van der Waals surface area contributed by atoms with E-state index in [4.69, 9.17) is 25.8 Å². The van der Waals surface area contributed by atoms with E-state index in [0.29, 0.717) is 39.4 Å². The third-order valence-electron chi connectivity index (χ3n) is 4.89. The van der Waals surface area contributed by atoms with E-state index in [0.717, 1.165) is 28.5 Å². The minimum Gasteiger partial charge on any atom is -0.494 e. The summed E-state index contributed by atoms with van der Waals surface area (Å²) in [7, 11) is 1.53. The molecule has 180 valence electrons. The minimum atomic E-state index is -0.394. The molecule has 0 saturated carbocycles. The standard InChI is InChI=1S/C22H24ClN5O4S2/c1-12-5-14(15-6-18(23)25-8-17(15)30-4)16(7-24-12)19(29)26-20-27-28-21(34-20)31-9-13-10-33-11-22(2,3)32-13/h5-8,13H,9-11H2,1-4H3,(H,26,27,29)/t13-/m1/s1. The second kappa shape index (κ2) is 10.4. The molecule has 0 aromatic carbocycles. The Bertz CT molecular complexity index is 1190. The van der Waals surface area contributed by atoms with Crippen LogP contribution in [0.3, 0.4) is 0 Å². The maximum Gasteiger partial charge on any atom is 0.295 e. The molecule has 1 fully saturated rings. The summed E-state index contributed by atoms with van der Waals surface area (Å²) in [6.07, 6.45) is 2.99. The van der Waals surface area contributed by atoms with Gasteiger partial charge >= 0.3 is 0 Å². The molecule has 1 aliphatic heterocycles. The number of carbonyl (C=O) groups is 1. The molecule has 0 aliphatic carbocycles. The van der Waals surface area contributed by atoms with Crippen LogP contribution in [-0.4, -0.2) is 63.0 Å². The van der Waals surface area contributed by atoms with Gasteiger partial charge in [-0.15, -0.1) is 5.10 Å². The molecule has 3 aromatic heterocycles. The molecule has 0 radical (unpaired) electrons. The van der Waals surface area contributed by atoms with Gasteiger partial charge in [0.25, 0.3) is 11.1 Å². The second-order valence-corrected chi connectivity index (χ2v) is 10.6. The largest absolute Gasteiger partial charge is 0.494 e. The van der Waals surface area contributed by atoms with Crippen molar-refractivity contribution < 1.29 is 19.0 Å². The zero-order valence-corrected chi connectivity index (χ0v) is 21.5. The van der Waals surface area contributed by atoms with Gasteiger partial charge in [0.05, 0.1) is 24.5 Å². The maximum atomic E-state index is 13.1. The number of anilines is 1. The van der Waals surface area contributed by atoms with Crippen molar-refractivity contribution in [3.8, 4) is 22.1 Å². The van der Waals surface area contributed by atoms with E-state index >= 15 is 0 Å². The van der Waals surface area contributed by atoms with Crippen molar-refractivity contribution >= 4 is 45.7 Å². The van der Waals surface area contributed by atoms with E-state index in [9.17, 15) is 4.79 Å². The van der Waals surface area contributed by atoms with Crippen molar-refractivity contribution in [1.82, 2.24) is 20.2 Å². The molecule has 3 aromatic rings. The Hall–Kier alpha value is -2.47. The van der Waals surface area contributed by atoms with Crippen LogP contribution in [0.4, 0.5) is 5.13 Å². The van der Waals surface area contributed by atoms with Gasteiger partial charge in [-0.2, -0.15) is 11.8 Å². The molecule has 12 heteroatoms. The zero-order valence-electron chi connectivity index (χ0n) is 19.1. The number of halogens is 1. The van der Waals surface area contributed by atoms with Crippen LogP contribution in [0.5, 0.6) is 10.9 Å². The first-order valence-corrected chi connectivity index (χ1v) is 12.8. The molecular weight excluding hydrogens is 498 g/mol. The summed E-state index contributed by atoms with van der Waals surface area (Å²) in [6, 6.07) is 3.44. The molecule has 9 nitrogen and oxygen atoms in total. The van der Waals surface area contributed by atoms with E-state index in [-0.39, 0.29) is 16.9 Å². The highest BCUT2D eigenvalue weighted by Crippen LogP contribution is 2.34. The fraction of sp³-hybridized carbons (Fsp3) is 0.409. The lowest BCUT2D eigenvalue weighted by Crippen LogP contribution is -2.41. The summed E-state index contributed by atoms with van der Waals surface area (Å²) in [5, 5.41) is 11.8. The van der Waals surface area contributed by atoms with Gasteiger partial charge < -0.3 is 14.2 Å². The number of thioether (sulfide) groups is 1. The first-order valence-electron chi connectivity index (χ1n) is 10.4. The van der Waals surface area contributed by atoms with E-state index in [1.165, 1.54) is 19.5 Å². The van der Waals surface area contributed by atoms with Crippen molar-refractivity contribution in [3.63, 3.8) is 0 Å². The van der Waals surface area contributed by atoms with Gasteiger partial charge in [-0.3, -0.25) is 15.1 Å². The number of aryl methyl sites for hydroxylation is 1. The highest BCUT2D eigenvalue weighted by Gasteiger charge is 2.29. The highest BCUT2D eigenvalue weighted by molar-refractivity contribution is 7.99. The number of hydrogen-bond acceptors (Lipinski definition) is 10. The van der Waals surface area contributed by atoms with Crippen LogP contribution in [0, 0.1) is 6.92 Å². The van der Waals surface area contributed by atoms with E-state index < -0.39 is 5.91 Å². The highest BCUT2D eigenvalue weighted by atomic mass is 35.5. The number of amides is 1.